The molecule has 194 valence electrons. The van der Waals surface area contributed by atoms with Crippen LogP contribution in [-0.2, 0) is 32.3 Å². The second-order valence-corrected chi connectivity index (χ2v) is 8.80. The van der Waals surface area contributed by atoms with Crippen LogP contribution in [0.3, 0.4) is 0 Å². The Morgan fingerprint density at radius 2 is 1.11 bits per heavy atom. The van der Waals surface area contributed by atoms with Gasteiger partial charge < -0.3 is 10.1 Å². The second-order valence-electron chi connectivity index (χ2n) is 8.80. The Morgan fingerprint density at radius 3 is 1.47 bits per heavy atom. The van der Waals surface area contributed by atoms with E-state index in [1.165, 1.54) is 19.2 Å². The van der Waals surface area contributed by atoms with Crippen molar-refractivity contribution in [3.05, 3.63) is 143 Å². The van der Waals surface area contributed by atoms with Crippen molar-refractivity contribution >= 4 is 11.9 Å². The maximum absolute atomic E-state index is 14.4. The third kappa shape index (κ3) is 5.47. The van der Waals surface area contributed by atoms with Crippen molar-refractivity contribution in [1.82, 2.24) is 5.32 Å². The number of halogens is 3. The van der Waals surface area contributed by atoms with Gasteiger partial charge in [0.15, 0.2) is 0 Å². The fraction of sp³-hybridized carbons (Fsp3) is 0.161. The van der Waals surface area contributed by atoms with E-state index < -0.39 is 35.1 Å². The number of benzene rings is 4. The van der Waals surface area contributed by atoms with Gasteiger partial charge in [0.25, 0.3) is 0 Å². The number of hydrogen-bond donors (Lipinski definition) is 1. The summed E-state index contributed by atoms with van der Waals surface area (Å²) in [6, 6.07) is 31.0. The first-order chi connectivity index (χ1) is 18.3. The molecule has 1 atom stereocenters. The summed E-state index contributed by atoms with van der Waals surface area (Å²) < 4.78 is 44.0. The maximum atomic E-state index is 14.4. The predicted molar refractivity (Wildman–Crippen MR) is 138 cm³/mol. The molecule has 0 radical (unpaired) electrons. The van der Waals surface area contributed by atoms with E-state index in [4.69, 9.17) is 4.74 Å². The molecule has 7 heteroatoms. The van der Waals surface area contributed by atoms with Gasteiger partial charge in [0.2, 0.25) is 5.91 Å². The van der Waals surface area contributed by atoms with Crippen molar-refractivity contribution in [3.63, 3.8) is 0 Å². The highest BCUT2D eigenvalue weighted by Gasteiger charge is 2.45. The molecular weight excluding hydrogens is 491 g/mol. The van der Waals surface area contributed by atoms with Crippen LogP contribution in [0.2, 0.25) is 0 Å². The molecule has 0 spiro atoms. The van der Waals surface area contributed by atoms with Gasteiger partial charge in [-0.2, -0.15) is 13.2 Å². The van der Waals surface area contributed by atoms with Gasteiger partial charge in [-0.15, -0.1) is 0 Å². The normalized spacial score (nSPS) is 12.4. The highest BCUT2D eigenvalue weighted by molar-refractivity contribution is 5.98. The number of amides is 1. The Labute approximate surface area is 219 Å². The number of ether oxygens (including phenoxy) is 1. The van der Waals surface area contributed by atoms with Crippen molar-refractivity contribution in [1.29, 1.82) is 0 Å². The summed E-state index contributed by atoms with van der Waals surface area (Å²) in [7, 11) is 1.20. The zero-order valence-corrected chi connectivity index (χ0v) is 20.6. The van der Waals surface area contributed by atoms with Crippen molar-refractivity contribution in [2.24, 2.45) is 0 Å². The van der Waals surface area contributed by atoms with E-state index in [1.807, 2.05) is 91.0 Å². The fourth-order valence-corrected chi connectivity index (χ4v) is 4.63. The SMILES string of the molecule is COC(=O)[C@H](Cc1ccc(C(F)(F)F)cc1)NC(=O)C(c1ccccc1)(c1ccccc1)c1ccccc1. The maximum Gasteiger partial charge on any atom is 0.416 e. The molecule has 4 rings (SSSR count). The van der Waals surface area contributed by atoms with Crippen molar-refractivity contribution in [2.75, 3.05) is 7.11 Å². The van der Waals surface area contributed by atoms with E-state index in [2.05, 4.69) is 5.32 Å². The van der Waals surface area contributed by atoms with Gasteiger partial charge in [-0.1, -0.05) is 103 Å². The molecule has 0 saturated carbocycles. The minimum atomic E-state index is -4.48. The Balaban J connectivity index is 1.79. The zero-order valence-electron chi connectivity index (χ0n) is 20.6. The molecule has 0 aliphatic rings. The molecule has 0 fully saturated rings. The van der Waals surface area contributed by atoms with Crippen LogP contribution >= 0.6 is 0 Å². The lowest BCUT2D eigenvalue weighted by atomic mass is 9.68. The highest BCUT2D eigenvalue weighted by Crippen LogP contribution is 2.39. The number of esters is 1. The Bertz CT molecular complexity index is 1260. The summed E-state index contributed by atoms with van der Waals surface area (Å²) in [6.07, 6.45) is -4.53. The third-order valence-electron chi connectivity index (χ3n) is 6.47. The van der Waals surface area contributed by atoms with E-state index in [0.29, 0.717) is 22.3 Å². The fourth-order valence-electron chi connectivity index (χ4n) is 4.63. The van der Waals surface area contributed by atoms with Crippen molar-refractivity contribution in [2.45, 2.75) is 24.1 Å². The standard InChI is InChI=1S/C31H26F3NO3/c1-38-28(36)27(21-22-17-19-26(20-18-22)31(32,33)34)35-29(37)30(23-11-5-2-6-12-23,24-13-7-3-8-14-24)25-15-9-4-10-16-25/h2-20,27H,21H2,1H3,(H,35,37)/t27-/m0/s1. The second kappa shape index (κ2) is 11.3. The molecule has 0 saturated heterocycles. The minimum absolute atomic E-state index is 0.0506. The monoisotopic (exact) mass is 517 g/mol. The summed E-state index contributed by atoms with van der Waals surface area (Å²) in [5.41, 5.74) is 0.389. The van der Waals surface area contributed by atoms with Gasteiger partial charge in [-0.05, 0) is 34.4 Å². The number of hydrogen-bond acceptors (Lipinski definition) is 3. The number of carbonyl (C=O) groups is 2. The molecule has 4 aromatic rings. The van der Waals surface area contributed by atoms with Gasteiger partial charge in [-0.25, -0.2) is 4.79 Å². The number of methoxy groups -OCH3 is 1. The molecule has 0 aromatic heterocycles. The van der Waals surface area contributed by atoms with Gasteiger partial charge in [-0.3, -0.25) is 4.79 Å². The zero-order chi connectivity index (χ0) is 27.2. The number of nitrogens with one attached hydrogen (secondary N) is 1. The van der Waals surface area contributed by atoms with E-state index in [-0.39, 0.29) is 6.42 Å². The predicted octanol–water partition coefficient (Wildman–Crippen LogP) is 5.94. The summed E-state index contributed by atoms with van der Waals surface area (Å²) in [6.45, 7) is 0. The van der Waals surface area contributed by atoms with Gasteiger partial charge in [0.05, 0.1) is 12.7 Å². The number of alkyl halides is 3. The summed E-state index contributed by atoms with van der Waals surface area (Å²) in [5.74, 6) is -1.18. The lowest BCUT2D eigenvalue weighted by molar-refractivity contribution is -0.145. The molecule has 0 aliphatic heterocycles. The summed E-state index contributed by atoms with van der Waals surface area (Å²) in [5, 5.41) is 2.86. The van der Waals surface area contributed by atoms with Crippen molar-refractivity contribution < 1.29 is 27.5 Å². The van der Waals surface area contributed by atoms with Crippen LogP contribution in [0.5, 0.6) is 0 Å². The molecule has 0 aliphatic carbocycles. The van der Waals surface area contributed by atoms with Crippen LogP contribution in [-0.4, -0.2) is 25.0 Å². The lowest BCUT2D eigenvalue weighted by Crippen LogP contribution is -2.52. The Hall–Kier alpha value is -4.39. The Kier molecular flexibility index (Phi) is 7.96. The van der Waals surface area contributed by atoms with E-state index in [9.17, 15) is 22.8 Å². The molecule has 0 heterocycles. The first kappa shape index (κ1) is 26.7. The molecular formula is C31H26F3NO3. The molecule has 4 nitrogen and oxygen atoms in total. The average Bonchev–Trinajstić information content (AvgIpc) is 2.94. The smallest absolute Gasteiger partial charge is 0.416 e. The quantitative estimate of drug-likeness (QED) is 0.233. The van der Waals surface area contributed by atoms with Crippen LogP contribution < -0.4 is 5.32 Å². The lowest BCUT2D eigenvalue weighted by Gasteiger charge is -2.35. The van der Waals surface area contributed by atoms with Gasteiger partial charge in [0.1, 0.15) is 11.5 Å². The third-order valence-corrected chi connectivity index (χ3v) is 6.47. The van der Waals surface area contributed by atoms with E-state index in [0.717, 1.165) is 12.1 Å². The van der Waals surface area contributed by atoms with Gasteiger partial charge in [0, 0.05) is 6.42 Å². The minimum Gasteiger partial charge on any atom is -0.467 e. The van der Waals surface area contributed by atoms with Crippen LogP contribution in [0.25, 0.3) is 0 Å². The molecule has 4 aromatic carbocycles. The van der Waals surface area contributed by atoms with Crippen LogP contribution in [0.1, 0.15) is 27.8 Å². The van der Waals surface area contributed by atoms with E-state index in [1.54, 1.807) is 0 Å². The molecule has 1 amide bonds. The molecule has 38 heavy (non-hydrogen) atoms. The number of rotatable bonds is 8. The summed E-state index contributed by atoms with van der Waals surface area (Å²) in [4.78, 5) is 27.2. The first-order valence-corrected chi connectivity index (χ1v) is 12.0. The summed E-state index contributed by atoms with van der Waals surface area (Å²) >= 11 is 0. The van der Waals surface area contributed by atoms with Crippen LogP contribution in [0.15, 0.2) is 115 Å². The van der Waals surface area contributed by atoms with Crippen molar-refractivity contribution in [3.8, 4) is 0 Å². The van der Waals surface area contributed by atoms with E-state index >= 15 is 0 Å². The first-order valence-electron chi connectivity index (χ1n) is 12.0. The van der Waals surface area contributed by atoms with Crippen LogP contribution in [0.4, 0.5) is 13.2 Å². The number of carbonyl (C=O) groups excluding carboxylic acids is 2. The Morgan fingerprint density at radius 1 is 0.684 bits per heavy atom. The van der Waals surface area contributed by atoms with Crippen LogP contribution in [0, 0.1) is 0 Å². The largest absolute Gasteiger partial charge is 0.467 e. The molecule has 0 unspecified atom stereocenters. The molecule has 1 N–H and O–H groups in total. The average molecular weight is 518 g/mol. The van der Waals surface area contributed by atoms with Gasteiger partial charge >= 0.3 is 12.1 Å². The topological polar surface area (TPSA) is 55.4 Å². The highest BCUT2D eigenvalue weighted by atomic mass is 19.4. The molecule has 0 bridgehead atoms.